The summed E-state index contributed by atoms with van der Waals surface area (Å²) < 4.78 is 4.61. The van der Waals surface area contributed by atoms with Crippen molar-refractivity contribution in [1.29, 1.82) is 0 Å². The highest BCUT2D eigenvalue weighted by atomic mass is 16.5. The molecule has 0 N–H and O–H groups in total. The van der Waals surface area contributed by atoms with E-state index < -0.39 is 0 Å². The van der Waals surface area contributed by atoms with E-state index in [9.17, 15) is 4.79 Å². The standard InChI is InChI=1S/C19H34O2/c1-3-4-5-6-7-8-9-10-11-12-13-14-15-16-17-18-19(20)21-2/h8-9,11-12H,3-7,10,13-18H2,1-2H3/b9-8+,12-11+. The quantitative estimate of drug-likeness (QED) is 0.224. The normalized spacial score (nSPS) is 11.5. The highest BCUT2D eigenvalue weighted by Crippen LogP contribution is 2.07. The summed E-state index contributed by atoms with van der Waals surface area (Å²) >= 11 is 0. The van der Waals surface area contributed by atoms with Gasteiger partial charge >= 0.3 is 5.97 Å². The van der Waals surface area contributed by atoms with Gasteiger partial charge in [0.1, 0.15) is 0 Å². The molecule has 0 aromatic carbocycles. The fourth-order valence-corrected chi connectivity index (χ4v) is 2.18. The van der Waals surface area contributed by atoms with E-state index in [1.165, 1.54) is 52.1 Å². The van der Waals surface area contributed by atoms with E-state index in [1.807, 2.05) is 0 Å². The Labute approximate surface area is 131 Å². The molecule has 0 aromatic heterocycles. The number of allylic oxidation sites excluding steroid dienone is 4. The van der Waals surface area contributed by atoms with Crippen LogP contribution in [-0.4, -0.2) is 13.1 Å². The molecule has 2 heteroatoms. The Kier molecular flexibility index (Phi) is 16.2. The summed E-state index contributed by atoms with van der Waals surface area (Å²) in [6, 6.07) is 0. The third kappa shape index (κ3) is 16.9. The minimum atomic E-state index is -0.0867. The molecule has 0 fully saturated rings. The van der Waals surface area contributed by atoms with Crippen molar-refractivity contribution in [2.24, 2.45) is 0 Å². The molecule has 0 rings (SSSR count). The molecule has 0 aliphatic rings. The Morgan fingerprint density at radius 3 is 1.95 bits per heavy atom. The number of ether oxygens (including phenoxy) is 1. The predicted octanol–water partition coefficient (Wildman–Crippen LogP) is 5.97. The van der Waals surface area contributed by atoms with Crippen molar-refractivity contribution in [2.75, 3.05) is 7.11 Å². The Hall–Kier alpha value is -1.05. The number of rotatable bonds is 14. The highest BCUT2D eigenvalue weighted by Gasteiger charge is 1.98. The molecule has 0 atom stereocenters. The smallest absolute Gasteiger partial charge is 0.305 e. The van der Waals surface area contributed by atoms with Crippen molar-refractivity contribution in [1.82, 2.24) is 0 Å². The first-order valence-corrected chi connectivity index (χ1v) is 8.68. The maximum Gasteiger partial charge on any atom is 0.305 e. The van der Waals surface area contributed by atoms with E-state index in [0.29, 0.717) is 6.42 Å². The van der Waals surface area contributed by atoms with Crippen molar-refractivity contribution in [3.63, 3.8) is 0 Å². The van der Waals surface area contributed by atoms with Crippen LogP contribution >= 0.6 is 0 Å². The van der Waals surface area contributed by atoms with Gasteiger partial charge in [-0.15, -0.1) is 0 Å². The molecule has 0 heterocycles. The zero-order valence-electron chi connectivity index (χ0n) is 14.1. The minimum Gasteiger partial charge on any atom is -0.469 e. The molecule has 0 unspecified atom stereocenters. The molecule has 0 aliphatic carbocycles. The van der Waals surface area contributed by atoms with E-state index >= 15 is 0 Å². The fraction of sp³-hybridized carbons (Fsp3) is 0.737. The van der Waals surface area contributed by atoms with Crippen LogP contribution in [0.5, 0.6) is 0 Å². The molecule has 0 saturated carbocycles. The Morgan fingerprint density at radius 2 is 1.38 bits per heavy atom. The van der Waals surface area contributed by atoms with Gasteiger partial charge in [-0.25, -0.2) is 0 Å². The Bertz CT molecular complexity index is 279. The number of methoxy groups -OCH3 is 1. The van der Waals surface area contributed by atoms with Crippen LogP contribution in [0.3, 0.4) is 0 Å². The fourth-order valence-electron chi connectivity index (χ4n) is 2.18. The van der Waals surface area contributed by atoms with E-state index in [0.717, 1.165) is 25.7 Å². The second-order valence-corrected chi connectivity index (χ2v) is 5.56. The van der Waals surface area contributed by atoms with Gasteiger partial charge in [-0.05, 0) is 38.5 Å². The molecule has 0 saturated heterocycles. The van der Waals surface area contributed by atoms with Gasteiger partial charge < -0.3 is 4.74 Å². The summed E-state index contributed by atoms with van der Waals surface area (Å²) in [6.07, 6.45) is 23.0. The summed E-state index contributed by atoms with van der Waals surface area (Å²) in [6.45, 7) is 2.25. The number of hydrogen-bond acceptors (Lipinski definition) is 2. The number of carbonyl (C=O) groups is 1. The topological polar surface area (TPSA) is 26.3 Å². The van der Waals surface area contributed by atoms with Gasteiger partial charge in [-0.1, -0.05) is 63.3 Å². The lowest BCUT2D eigenvalue weighted by molar-refractivity contribution is -0.140. The summed E-state index contributed by atoms with van der Waals surface area (Å²) in [5.74, 6) is -0.0867. The highest BCUT2D eigenvalue weighted by molar-refractivity contribution is 5.68. The monoisotopic (exact) mass is 294 g/mol. The Balaban J connectivity index is 3.22. The second-order valence-electron chi connectivity index (χ2n) is 5.56. The van der Waals surface area contributed by atoms with Crippen LogP contribution in [0.4, 0.5) is 0 Å². The third-order valence-electron chi connectivity index (χ3n) is 3.56. The van der Waals surface area contributed by atoms with Crippen molar-refractivity contribution < 1.29 is 9.53 Å². The molecule has 21 heavy (non-hydrogen) atoms. The first-order chi connectivity index (χ1) is 10.3. The molecule has 0 bridgehead atoms. The zero-order chi connectivity index (χ0) is 15.6. The van der Waals surface area contributed by atoms with Crippen LogP contribution in [0, 0.1) is 0 Å². The lowest BCUT2D eigenvalue weighted by atomic mass is 10.1. The summed E-state index contributed by atoms with van der Waals surface area (Å²) in [5, 5.41) is 0. The van der Waals surface area contributed by atoms with Crippen LogP contribution in [0.15, 0.2) is 24.3 Å². The number of hydrogen-bond donors (Lipinski definition) is 0. The summed E-state index contributed by atoms with van der Waals surface area (Å²) in [4.78, 5) is 10.9. The third-order valence-corrected chi connectivity index (χ3v) is 3.56. The van der Waals surface area contributed by atoms with Gasteiger partial charge in [0.05, 0.1) is 7.11 Å². The van der Waals surface area contributed by atoms with E-state index in [4.69, 9.17) is 0 Å². The number of esters is 1. The number of unbranched alkanes of at least 4 members (excludes halogenated alkanes) is 8. The molecule has 0 spiro atoms. The maximum absolute atomic E-state index is 10.9. The van der Waals surface area contributed by atoms with Crippen LogP contribution in [0.25, 0.3) is 0 Å². The summed E-state index contributed by atoms with van der Waals surface area (Å²) in [5.41, 5.74) is 0. The zero-order valence-corrected chi connectivity index (χ0v) is 14.1. The molecule has 2 nitrogen and oxygen atoms in total. The average Bonchev–Trinajstić information content (AvgIpc) is 2.50. The van der Waals surface area contributed by atoms with Gasteiger partial charge in [0.2, 0.25) is 0 Å². The predicted molar refractivity (Wildman–Crippen MR) is 91.4 cm³/mol. The van der Waals surface area contributed by atoms with Gasteiger partial charge in [0, 0.05) is 6.42 Å². The molecule has 0 aliphatic heterocycles. The lowest BCUT2D eigenvalue weighted by Crippen LogP contribution is -1.98. The van der Waals surface area contributed by atoms with Crippen molar-refractivity contribution in [3.05, 3.63) is 24.3 Å². The van der Waals surface area contributed by atoms with Crippen molar-refractivity contribution in [3.8, 4) is 0 Å². The molecular formula is C19H34O2. The largest absolute Gasteiger partial charge is 0.469 e. The van der Waals surface area contributed by atoms with Gasteiger partial charge in [0.25, 0.3) is 0 Å². The van der Waals surface area contributed by atoms with E-state index in [1.54, 1.807) is 0 Å². The number of carbonyl (C=O) groups excluding carboxylic acids is 1. The van der Waals surface area contributed by atoms with Crippen molar-refractivity contribution >= 4 is 5.97 Å². The first-order valence-electron chi connectivity index (χ1n) is 8.68. The van der Waals surface area contributed by atoms with Crippen LogP contribution in [0.1, 0.15) is 84.0 Å². The van der Waals surface area contributed by atoms with Crippen molar-refractivity contribution in [2.45, 2.75) is 84.0 Å². The molecule has 0 amide bonds. The molecule has 122 valence electrons. The Morgan fingerprint density at radius 1 is 0.810 bits per heavy atom. The van der Waals surface area contributed by atoms with Gasteiger partial charge in [-0.2, -0.15) is 0 Å². The van der Waals surface area contributed by atoms with Crippen LogP contribution < -0.4 is 0 Å². The van der Waals surface area contributed by atoms with Crippen LogP contribution in [-0.2, 0) is 9.53 Å². The lowest BCUT2D eigenvalue weighted by Gasteiger charge is -1.99. The molecular weight excluding hydrogens is 260 g/mol. The van der Waals surface area contributed by atoms with E-state index in [2.05, 4.69) is 36.0 Å². The van der Waals surface area contributed by atoms with E-state index in [-0.39, 0.29) is 5.97 Å². The van der Waals surface area contributed by atoms with Crippen LogP contribution in [0.2, 0.25) is 0 Å². The minimum absolute atomic E-state index is 0.0867. The first kappa shape index (κ1) is 19.9. The van der Waals surface area contributed by atoms with Gasteiger partial charge in [-0.3, -0.25) is 4.79 Å². The second kappa shape index (κ2) is 17.0. The van der Waals surface area contributed by atoms with Gasteiger partial charge in [0.15, 0.2) is 0 Å². The summed E-state index contributed by atoms with van der Waals surface area (Å²) in [7, 11) is 1.45. The maximum atomic E-state index is 10.9. The molecule has 0 aromatic rings. The average molecular weight is 294 g/mol. The SMILES string of the molecule is CCCCCC/C=C/C/C=C/CCCCCCC(=O)OC. The molecule has 0 radical (unpaired) electrons.